The molecule has 0 bridgehead atoms. The summed E-state index contributed by atoms with van der Waals surface area (Å²) in [5.41, 5.74) is 0. The molecule has 0 spiro atoms. The quantitative estimate of drug-likeness (QED) is 0.0228. The van der Waals surface area contributed by atoms with Gasteiger partial charge in [-0.15, -0.1) is 0 Å². The molecule has 386 valence electrons. The zero-order chi connectivity index (χ0) is 47.3. The first-order valence-electron chi connectivity index (χ1n) is 26.6. The van der Waals surface area contributed by atoms with Crippen molar-refractivity contribution in [1.29, 1.82) is 0 Å². The number of rotatable bonds is 43. The number of hydrogen-bond acceptors (Lipinski definition) is 14. The summed E-state index contributed by atoms with van der Waals surface area (Å²) in [5.74, 6) is -0.370. The molecule has 2 aliphatic heterocycles. The van der Waals surface area contributed by atoms with E-state index in [9.17, 15) is 40.5 Å². The van der Waals surface area contributed by atoms with Crippen LogP contribution in [0.2, 0.25) is 0 Å². The van der Waals surface area contributed by atoms with Gasteiger partial charge in [0.15, 0.2) is 12.6 Å². The van der Waals surface area contributed by atoms with Crippen LogP contribution in [0.1, 0.15) is 219 Å². The van der Waals surface area contributed by atoms with Gasteiger partial charge in [0, 0.05) is 13.0 Å². The van der Waals surface area contributed by atoms with Crippen LogP contribution in [-0.2, 0) is 33.2 Å². The fraction of sp³-hybridized carbons (Fsp3) is 0.980. The van der Waals surface area contributed by atoms with Gasteiger partial charge in [-0.1, -0.05) is 200 Å². The number of esters is 1. The Morgan fingerprint density at radius 1 is 0.446 bits per heavy atom. The first kappa shape index (κ1) is 60.1. The van der Waals surface area contributed by atoms with E-state index in [-0.39, 0.29) is 25.6 Å². The van der Waals surface area contributed by atoms with Crippen LogP contribution in [0.5, 0.6) is 0 Å². The molecule has 11 unspecified atom stereocenters. The van der Waals surface area contributed by atoms with E-state index in [1.165, 1.54) is 154 Å². The third-order valence-corrected chi connectivity index (χ3v) is 13.1. The molecule has 0 radical (unpaired) electrons. The number of carbonyl (C=O) groups is 1. The van der Waals surface area contributed by atoms with E-state index in [2.05, 4.69) is 13.8 Å². The summed E-state index contributed by atoms with van der Waals surface area (Å²) in [4.78, 5) is 13.0. The van der Waals surface area contributed by atoms with Crippen LogP contribution in [0.3, 0.4) is 0 Å². The average molecular weight is 935 g/mol. The van der Waals surface area contributed by atoms with Crippen LogP contribution in [0.4, 0.5) is 0 Å². The highest BCUT2D eigenvalue weighted by Gasteiger charge is 2.47. The molecule has 2 fully saturated rings. The molecule has 2 aliphatic rings. The third-order valence-electron chi connectivity index (χ3n) is 13.1. The summed E-state index contributed by atoms with van der Waals surface area (Å²) in [5, 5.41) is 72.1. The van der Waals surface area contributed by atoms with Crippen molar-refractivity contribution in [1.82, 2.24) is 0 Å². The predicted molar refractivity (Wildman–Crippen MR) is 252 cm³/mol. The molecular formula is C51H98O14. The van der Waals surface area contributed by atoms with Crippen molar-refractivity contribution in [3.05, 3.63) is 0 Å². The van der Waals surface area contributed by atoms with Crippen molar-refractivity contribution in [2.24, 2.45) is 0 Å². The molecule has 2 rings (SSSR count). The van der Waals surface area contributed by atoms with Crippen LogP contribution >= 0.6 is 0 Å². The Morgan fingerprint density at radius 3 is 1.25 bits per heavy atom. The van der Waals surface area contributed by atoms with Gasteiger partial charge in [-0.25, -0.2) is 0 Å². The zero-order valence-corrected chi connectivity index (χ0v) is 41.0. The summed E-state index contributed by atoms with van der Waals surface area (Å²) in [6.45, 7) is 3.74. The van der Waals surface area contributed by atoms with E-state index in [1.54, 1.807) is 0 Å². The molecule has 0 aromatic carbocycles. The Bertz CT molecular complexity index is 1090. The summed E-state index contributed by atoms with van der Waals surface area (Å²) in [7, 11) is 0. The minimum Gasteiger partial charge on any atom is -0.457 e. The molecule has 0 amide bonds. The lowest BCUT2D eigenvalue weighted by Gasteiger charge is -2.42. The standard InChI is InChI=1S/C51H98O14/c1-3-5-7-9-11-13-15-17-19-20-22-24-26-28-30-32-34-43(53)63-40(37-60-35-33-31-29-27-25-23-21-18-16-14-12-10-8-6-4-2)38-61-50-49(59)47(57)45(55)42(65-50)39-62-51-48(58)46(56)44(54)41(36-52)64-51/h40-42,44-52,54-59H,3-39H2,1-2H3. The molecule has 14 heteroatoms. The lowest BCUT2D eigenvalue weighted by Crippen LogP contribution is -2.61. The molecule has 0 aromatic heterocycles. The topological polar surface area (TPSA) is 214 Å². The molecule has 0 saturated carbocycles. The van der Waals surface area contributed by atoms with Crippen molar-refractivity contribution in [3.8, 4) is 0 Å². The van der Waals surface area contributed by atoms with E-state index in [0.717, 1.165) is 44.9 Å². The molecule has 14 nitrogen and oxygen atoms in total. The highest BCUT2D eigenvalue weighted by Crippen LogP contribution is 2.27. The van der Waals surface area contributed by atoms with Gasteiger partial charge in [0.25, 0.3) is 0 Å². The first-order valence-corrected chi connectivity index (χ1v) is 26.6. The van der Waals surface area contributed by atoms with Crippen molar-refractivity contribution < 1.29 is 69.0 Å². The van der Waals surface area contributed by atoms with Crippen LogP contribution in [0.15, 0.2) is 0 Å². The van der Waals surface area contributed by atoms with Crippen LogP contribution in [0.25, 0.3) is 0 Å². The van der Waals surface area contributed by atoms with Crippen LogP contribution in [0, 0.1) is 0 Å². The second kappa shape index (κ2) is 39.8. The van der Waals surface area contributed by atoms with Crippen molar-refractivity contribution in [2.75, 3.05) is 33.0 Å². The number of aliphatic hydroxyl groups is 7. The molecule has 2 saturated heterocycles. The van der Waals surface area contributed by atoms with E-state index in [1.807, 2.05) is 0 Å². The van der Waals surface area contributed by atoms with Gasteiger partial charge in [-0.2, -0.15) is 0 Å². The van der Waals surface area contributed by atoms with Crippen molar-refractivity contribution >= 4 is 5.97 Å². The molecule has 11 atom stereocenters. The molecule has 2 heterocycles. The molecule has 0 aromatic rings. The predicted octanol–water partition coefficient (Wildman–Crippen LogP) is 8.08. The first-order chi connectivity index (χ1) is 31.6. The van der Waals surface area contributed by atoms with E-state index in [4.69, 9.17) is 28.4 Å². The lowest BCUT2D eigenvalue weighted by atomic mass is 9.98. The van der Waals surface area contributed by atoms with Gasteiger partial charge in [-0.3, -0.25) is 4.79 Å². The van der Waals surface area contributed by atoms with Gasteiger partial charge in [-0.05, 0) is 12.8 Å². The van der Waals surface area contributed by atoms with Crippen molar-refractivity contribution in [2.45, 2.75) is 287 Å². The normalized spacial score (nSPS) is 26.4. The van der Waals surface area contributed by atoms with E-state index < -0.39 is 80.7 Å². The monoisotopic (exact) mass is 935 g/mol. The molecule has 0 aliphatic carbocycles. The molecular weight excluding hydrogens is 837 g/mol. The maximum absolute atomic E-state index is 13.0. The fourth-order valence-corrected chi connectivity index (χ4v) is 8.76. The van der Waals surface area contributed by atoms with Crippen LogP contribution in [-0.4, -0.2) is 142 Å². The fourth-order valence-electron chi connectivity index (χ4n) is 8.76. The second-order valence-corrected chi connectivity index (χ2v) is 19.1. The summed E-state index contributed by atoms with van der Waals surface area (Å²) < 4.78 is 34.3. The van der Waals surface area contributed by atoms with Gasteiger partial charge in [0.2, 0.25) is 0 Å². The Morgan fingerprint density at radius 2 is 0.815 bits per heavy atom. The number of aliphatic hydroxyl groups excluding tert-OH is 7. The summed E-state index contributed by atoms with van der Waals surface area (Å²) >= 11 is 0. The highest BCUT2D eigenvalue weighted by atomic mass is 16.7. The SMILES string of the molecule is CCCCCCCCCCCCCCCCCCC(=O)OC(COCCCCCCCCCCCCCCCCC)COC1OC(COC2OC(CO)C(O)C(O)C2O)C(O)C(O)C1O. The minimum atomic E-state index is -1.70. The zero-order valence-electron chi connectivity index (χ0n) is 41.0. The second-order valence-electron chi connectivity index (χ2n) is 19.1. The summed E-state index contributed by atoms with van der Waals surface area (Å²) in [6.07, 6.45) is 23.0. The number of carbonyl (C=O) groups excluding carboxylic acids is 1. The number of unbranched alkanes of at least 4 members (excludes halogenated alkanes) is 29. The number of ether oxygens (including phenoxy) is 6. The third kappa shape index (κ3) is 27.7. The average Bonchev–Trinajstić information content (AvgIpc) is 3.30. The van der Waals surface area contributed by atoms with Gasteiger partial charge in [0.1, 0.15) is 54.9 Å². The van der Waals surface area contributed by atoms with E-state index in [0.29, 0.717) is 6.61 Å². The molecule has 65 heavy (non-hydrogen) atoms. The highest BCUT2D eigenvalue weighted by molar-refractivity contribution is 5.69. The summed E-state index contributed by atoms with van der Waals surface area (Å²) in [6, 6.07) is 0. The Kier molecular flexibility index (Phi) is 36.8. The van der Waals surface area contributed by atoms with Crippen molar-refractivity contribution in [3.63, 3.8) is 0 Å². The van der Waals surface area contributed by atoms with Crippen LogP contribution < -0.4 is 0 Å². The lowest BCUT2D eigenvalue weighted by molar-refractivity contribution is -0.332. The Labute approximate surface area is 393 Å². The Balaban J connectivity index is 1.75. The minimum absolute atomic E-state index is 0.0704. The number of hydrogen-bond donors (Lipinski definition) is 7. The largest absolute Gasteiger partial charge is 0.457 e. The van der Waals surface area contributed by atoms with Gasteiger partial charge in [0.05, 0.1) is 26.4 Å². The van der Waals surface area contributed by atoms with Gasteiger partial charge >= 0.3 is 5.97 Å². The Hall–Kier alpha value is -1.01. The smallest absolute Gasteiger partial charge is 0.306 e. The maximum Gasteiger partial charge on any atom is 0.306 e. The molecule has 7 N–H and O–H groups in total. The van der Waals surface area contributed by atoms with Gasteiger partial charge < -0.3 is 64.2 Å². The maximum atomic E-state index is 13.0. The van der Waals surface area contributed by atoms with E-state index >= 15 is 0 Å².